The molecule has 6 nitrogen and oxygen atoms in total. The van der Waals surface area contributed by atoms with Crippen LogP contribution in [-0.2, 0) is 13.5 Å². The molecule has 0 bridgehead atoms. The summed E-state index contributed by atoms with van der Waals surface area (Å²) in [6, 6.07) is 0. The molecule has 1 saturated heterocycles. The van der Waals surface area contributed by atoms with Crippen molar-refractivity contribution in [3.63, 3.8) is 0 Å². The molecule has 2 heterocycles. The number of likely N-dealkylation sites (tertiary alicyclic amines) is 1. The lowest BCUT2D eigenvalue weighted by molar-refractivity contribution is 0.0244. The third-order valence-electron chi connectivity index (χ3n) is 3.18. The highest BCUT2D eigenvalue weighted by molar-refractivity contribution is 4.92. The van der Waals surface area contributed by atoms with Crippen LogP contribution in [0.2, 0.25) is 0 Å². The monoisotopic (exact) mass is 225 g/mol. The molecule has 0 aromatic carbocycles. The van der Waals surface area contributed by atoms with Crippen LogP contribution in [0.15, 0.2) is 0 Å². The molecule has 90 valence electrons. The number of rotatable bonds is 2. The van der Waals surface area contributed by atoms with Crippen molar-refractivity contribution in [2.45, 2.75) is 31.3 Å². The van der Waals surface area contributed by atoms with Crippen LogP contribution in [0.3, 0.4) is 0 Å². The summed E-state index contributed by atoms with van der Waals surface area (Å²) < 4.78 is 0. The lowest BCUT2D eigenvalue weighted by Gasteiger charge is -2.24. The van der Waals surface area contributed by atoms with E-state index in [1.54, 1.807) is 7.05 Å². The number of aryl methyl sites for hydroxylation is 1. The first-order valence-corrected chi connectivity index (χ1v) is 5.71. The van der Waals surface area contributed by atoms with Gasteiger partial charge in [-0.3, -0.25) is 0 Å². The summed E-state index contributed by atoms with van der Waals surface area (Å²) in [5.74, 6) is 0.634. The zero-order valence-corrected chi connectivity index (χ0v) is 9.93. The van der Waals surface area contributed by atoms with Gasteiger partial charge in [-0.25, -0.2) is 0 Å². The van der Waals surface area contributed by atoms with Crippen molar-refractivity contribution in [3.8, 4) is 0 Å². The van der Waals surface area contributed by atoms with Crippen LogP contribution >= 0.6 is 0 Å². The van der Waals surface area contributed by atoms with Gasteiger partial charge in [0.1, 0.15) is 0 Å². The summed E-state index contributed by atoms with van der Waals surface area (Å²) >= 11 is 0. The van der Waals surface area contributed by atoms with Crippen molar-refractivity contribution < 1.29 is 5.11 Å². The molecule has 1 fully saturated rings. The van der Waals surface area contributed by atoms with Gasteiger partial charge in [-0.05, 0) is 38.1 Å². The quantitative estimate of drug-likeness (QED) is 0.742. The number of tetrazole rings is 1. The topological polar surface area (TPSA) is 67.1 Å². The van der Waals surface area contributed by atoms with Gasteiger partial charge in [-0.15, -0.1) is 10.2 Å². The Balaban J connectivity index is 2.01. The molecule has 1 atom stereocenters. The Bertz CT molecular complexity index is 353. The molecule has 1 aromatic heterocycles. The molecule has 0 radical (unpaired) electrons. The Morgan fingerprint density at radius 2 is 2.12 bits per heavy atom. The van der Waals surface area contributed by atoms with Crippen LogP contribution in [0, 0.1) is 0 Å². The molecule has 2 rings (SSSR count). The summed E-state index contributed by atoms with van der Waals surface area (Å²) in [7, 11) is 3.83. The van der Waals surface area contributed by atoms with Crippen molar-refractivity contribution in [1.82, 2.24) is 25.1 Å². The van der Waals surface area contributed by atoms with Gasteiger partial charge < -0.3 is 10.0 Å². The highest BCUT2D eigenvalue weighted by Gasteiger charge is 2.31. The van der Waals surface area contributed by atoms with E-state index in [-0.39, 0.29) is 0 Å². The van der Waals surface area contributed by atoms with Gasteiger partial charge in [0.25, 0.3) is 0 Å². The van der Waals surface area contributed by atoms with Crippen LogP contribution in [-0.4, -0.2) is 56.0 Å². The standard InChI is InChI=1S/C10H19N5O/c1-14-6-3-4-10(16,5-7-14)8-9-11-13-15(2)12-9/h16H,3-8H2,1-2H3. The van der Waals surface area contributed by atoms with Gasteiger partial charge in [-0.2, -0.15) is 4.80 Å². The van der Waals surface area contributed by atoms with E-state index in [4.69, 9.17) is 0 Å². The van der Waals surface area contributed by atoms with Crippen molar-refractivity contribution in [3.05, 3.63) is 5.82 Å². The lowest BCUT2D eigenvalue weighted by atomic mass is 9.91. The zero-order valence-electron chi connectivity index (χ0n) is 9.93. The van der Waals surface area contributed by atoms with Crippen LogP contribution in [0.5, 0.6) is 0 Å². The average Bonchev–Trinajstić information content (AvgIpc) is 2.53. The van der Waals surface area contributed by atoms with E-state index in [2.05, 4.69) is 27.4 Å². The molecule has 1 N–H and O–H groups in total. The first-order chi connectivity index (χ1) is 7.57. The normalized spacial score (nSPS) is 27.9. The molecule has 0 aliphatic carbocycles. The van der Waals surface area contributed by atoms with Crippen molar-refractivity contribution >= 4 is 0 Å². The maximum atomic E-state index is 10.5. The molecule has 0 amide bonds. The van der Waals surface area contributed by atoms with Crippen LogP contribution in [0.1, 0.15) is 25.1 Å². The highest BCUT2D eigenvalue weighted by atomic mass is 16.3. The molecule has 0 saturated carbocycles. The van der Waals surface area contributed by atoms with Crippen molar-refractivity contribution in [1.29, 1.82) is 0 Å². The first-order valence-electron chi connectivity index (χ1n) is 5.71. The third kappa shape index (κ3) is 2.76. The van der Waals surface area contributed by atoms with E-state index in [1.165, 1.54) is 4.80 Å². The van der Waals surface area contributed by atoms with E-state index >= 15 is 0 Å². The second kappa shape index (κ2) is 4.47. The summed E-state index contributed by atoms with van der Waals surface area (Å²) in [6.45, 7) is 1.98. The molecule has 1 aliphatic heterocycles. The second-order valence-corrected chi connectivity index (χ2v) is 4.75. The van der Waals surface area contributed by atoms with Gasteiger partial charge in [0, 0.05) is 13.0 Å². The van der Waals surface area contributed by atoms with Crippen molar-refractivity contribution in [2.75, 3.05) is 20.1 Å². The van der Waals surface area contributed by atoms with Gasteiger partial charge >= 0.3 is 0 Å². The minimum atomic E-state index is -0.659. The van der Waals surface area contributed by atoms with Gasteiger partial charge in [0.05, 0.1) is 12.6 Å². The molecular formula is C10H19N5O. The van der Waals surface area contributed by atoms with Gasteiger partial charge in [0.2, 0.25) is 0 Å². The Morgan fingerprint density at radius 3 is 2.81 bits per heavy atom. The summed E-state index contributed by atoms with van der Waals surface area (Å²) in [6.07, 6.45) is 3.12. The predicted octanol–water partition coefficient (Wildman–Crippen LogP) is -0.401. The Morgan fingerprint density at radius 1 is 1.31 bits per heavy atom. The molecule has 0 spiro atoms. The maximum Gasteiger partial charge on any atom is 0.177 e. The maximum absolute atomic E-state index is 10.5. The fourth-order valence-electron chi connectivity index (χ4n) is 2.18. The number of hydrogen-bond donors (Lipinski definition) is 1. The molecule has 16 heavy (non-hydrogen) atoms. The van der Waals surface area contributed by atoms with E-state index in [1.807, 2.05) is 0 Å². The van der Waals surface area contributed by atoms with E-state index < -0.39 is 5.60 Å². The number of hydrogen-bond acceptors (Lipinski definition) is 5. The van der Waals surface area contributed by atoms with Crippen LogP contribution < -0.4 is 0 Å². The minimum Gasteiger partial charge on any atom is -0.389 e. The fraction of sp³-hybridized carbons (Fsp3) is 0.900. The number of aromatic nitrogens is 4. The molecule has 1 aromatic rings. The van der Waals surface area contributed by atoms with Gasteiger partial charge in [0.15, 0.2) is 5.82 Å². The third-order valence-corrected chi connectivity index (χ3v) is 3.18. The van der Waals surface area contributed by atoms with Crippen LogP contribution in [0.25, 0.3) is 0 Å². The SMILES string of the molecule is CN1CCCC(O)(Cc2nnn(C)n2)CC1. The Labute approximate surface area is 95.2 Å². The average molecular weight is 225 g/mol. The minimum absolute atomic E-state index is 0.509. The second-order valence-electron chi connectivity index (χ2n) is 4.75. The zero-order chi connectivity index (χ0) is 11.6. The molecule has 6 heteroatoms. The van der Waals surface area contributed by atoms with Crippen LogP contribution in [0.4, 0.5) is 0 Å². The lowest BCUT2D eigenvalue weighted by Crippen LogP contribution is -2.33. The Kier molecular flexibility index (Phi) is 3.20. The largest absolute Gasteiger partial charge is 0.389 e. The van der Waals surface area contributed by atoms with E-state index in [0.717, 1.165) is 32.4 Å². The van der Waals surface area contributed by atoms with Crippen molar-refractivity contribution in [2.24, 2.45) is 7.05 Å². The first kappa shape index (κ1) is 11.5. The van der Waals surface area contributed by atoms with E-state index in [9.17, 15) is 5.11 Å². The summed E-state index contributed by atoms with van der Waals surface area (Å²) in [5, 5.41) is 22.3. The summed E-state index contributed by atoms with van der Waals surface area (Å²) in [5.41, 5.74) is -0.659. The molecular weight excluding hydrogens is 206 g/mol. The molecule has 1 aliphatic rings. The number of aliphatic hydroxyl groups is 1. The Hall–Kier alpha value is -1.01. The van der Waals surface area contributed by atoms with Gasteiger partial charge in [-0.1, -0.05) is 0 Å². The smallest absolute Gasteiger partial charge is 0.177 e. The predicted molar refractivity (Wildman–Crippen MR) is 58.8 cm³/mol. The molecule has 1 unspecified atom stereocenters. The fourth-order valence-corrected chi connectivity index (χ4v) is 2.18. The highest BCUT2D eigenvalue weighted by Crippen LogP contribution is 2.24. The van der Waals surface area contributed by atoms with E-state index in [0.29, 0.717) is 12.2 Å². The summed E-state index contributed by atoms with van der Waals surface area (Å²) in [4.78, 5) is 3.68. The number of nitrogens with zero attached hydrogens (tertiary/aromatic N) is 5.